The highest BCUT2D eigenvalue weighted by molar-refractivity contribution is 5.94. The minimum atomic E-state index is -0.341. The molecule has 0 saturated carbocycles. The van der Waals surface area contributed by atoms with E-state index in [1.807, 2.05) is 16.8 Å². The molecule has 8 heteroatoms. The van der Waals surface area contributed by atoms with Gasteiger partial charge < -0.3 is 14.5 Å². The SMILES string of the molecule is O=C(c1ccc(F)cc1)N1CCC(c2nc3ccc(N4CCOCC4)cn3n2)C1. The van der Waals surface area contributed by atoms with Crippen LogP contribution in [0.1, 0.15) is 28.5 Å². The van der Waals surface area contributed by atoms with Gasteiger partial charge in [0.2, 0.25) is 0 Å². The van der Waals surface area contributed by atoms with Crippen LogP contribution >= 0.6 is 0 Å². The van der Waals surface area contributed by atoms with Crippen molar-refractivity contribution in [2.45, 2.75) is 12.3 Å². The number of halogens is 1. The highest BCUT2D eigenvalue weighted by Crippen LogP contribution is 2.27. The average Bonchev–Trinajstić information content (AvgIpc) is 3.41. The van der Waals surface area contributed by atoms with Gasteiger partial charge in [0.25, 0.3) is 5.91 Å². The number of carbonyl (C=O) groups is 1. The lowest BCUT2D eigenvalue weighted by atomic mass is 10.1. The molecule has 7 nitrogen and oxygen atoms in total. The van der Waals surface area contributed by atoms with Crippen LogP contribution in [0.5, 0.6) is 0 Å². The molecule has 150 valence electrons. The summed E-state index contributed by atoms with van der Waals surface area (Å²) in [6.45, 7) is 4.44. The number of benzene rings is 1. The third-order valence-corrected chi connectivity index (χ3v) is 5.64. The van der Waals surface area contributed by atoms with Crippen molar-refractivity contribution in [1.29, 1.82) is 0 Å². The van der Waals surface area contributed by atoms with E-state index in [1.54, 1.807) is 4.90 Å². The van der Waals surface area contributed by atoms with Gasteiger partial charge in [0.05, 0.1) is 25.1 Å². The van der Waals surface area contributed by atoms with Gasteiger partial charge in [0.15, 0.2) is 11.5 Å². The van der Waals surface area contributed by atoms with Crippen LogP contribution < -0.4 is 4.90 Å². The van der Waals surface area contributed by atoms with Crippen LogP contribution in [0.4, 0.5) is 10.1 Å². The van der Waals surface area contributed by atoms with E-state index < -0.39 is 0 Å². The van der Waals surface area contributed by atoms with Gasteiger partial charge in [-0.2, -0.15) is 5.10 Å². The van der Waals surface area contributed by atoms with E-state index in [9.17, 15) is 9.18 Å². The summed E-state index contributed by atoms with van der Waals surface area (Å²) in [6, 6.07) is 9.74. The molecule has 0 spiro atoms. The molecule has 1 unspecified atom stereocenters. The predicted octanol–water partition coefficient (Wildman–Crippen LogP) is 2.33. The first-order chi connectivity index (χ1) is 14.2. The molecule has 1 amide bonds. The van der Waals surface area contributed by atoms with Gasteiger partial charge in [0, 0.05) is 37.7 Å². The second-order valence-corrected chi connectivity index (χ2v) is 7.50. The Bertz CT molecular complexity index is 1030. The highest BCUT2D eigenvalue weighted by Gasteiger charge is 2.30. The van der Waals surface area contributed by atoms with Gasteiger partial charge in [-0.25, -0.2) is 13.9 Å². The Morgan fingerprint density at radius 1 is 1.07 bits per heavy atom. The van der Waals surface area contributed by atoms with Gasteiger partial charge in [-0.3, -0.25) is 4.79 Å². The summed E-state index contributed by atoms with van der Waals surface area (Å²) in [7, 11) is 0. The third kappa shape index (κ3) is 3.55. The van der Waals surface area contributed by atoms with Crippen molar-refractivity contribution in [1.82, 2.24) is 19.5 Å². The molecule has 4 heterocycles. The average molecular weight is 395 g/mol. The zero-order chi connectivity index (χ0) is 19.8. The van der Waals surface area contributed by atoms with E-state index in [-0.39, 0.29) is 17.6 Å². The first-order valence-electron chi connectivity index (χ1n) is 9.91. The van der Waals surface area contributed by atoms with E-state index in [0.717, 1.165) is 49.9 Å². The Hall–Kier alpha value is -3.00. The largest absolute Gasteiger partial charge is 0.378 e. The lowest BCUT2D eigenvalue weighted by Crippen LogP contribution is -2.36. The van der Waals surface area contributed by atoms with Crippen LogP contribution in [0.25, 0.3) is 5.65 Å². The van der Waals surface area contributed by atoms with Crippen LogP contribution in [0.3, 0.4) is 0 Å². The quantitative estimate of drug-likeness (QED) is 0.681. The lowest BCUT2D eigenvalue weighted by Gasteiger charge is -2.28. The molecule has 2 aliphatic rings. The van der Waals surface area contributed by atoms with Crippen LogP contribution in [0.2, 0.25) is 0 Å². The molecular formula is C21H22FN5O2. The Morgan fingerprint density at radius 2 is 1.86 bits per heavy atom. The molecule has 5 rings (SSSR count). The Kier molecular flexibility index (Phi) is 4.63. The van der Waals surface area contributed by atoms with Crippen LogP contribution in [-0.2, 0) is 4.74 Å². The topological polar surface area (TPSA) is 63.0 Å². The molecule has 2 aromatic heterocycles. The fourth-order valence-electron chi connectivity index (χ4n) is 4.00. The minimum Gasteiger partial charge on any atom is -0.378 e. The third-order valence-electron chi connectivity index (χ3n) is 5.64. The summed E-state index contributed by atoms with van der Waals surface area (Å²) in [6.07, 6.45) is 2.83. The molecule has 2 aliphatic heterocycles. The standard InChI is InChI=1S/C21H22FN5O2/c22-17-3-1-15(2-4-17)21(28)26-8-7-16(13-26)20-23-19-6-5-18(14-27(19)24-20)25-9-11-29-12-10-25/h1-6,14,16H,7-13H2. The minimum absolute atomic E-state index is 0.0779. The summed E-state index contributed by atoms with van der Waals surface area (Å²) < 4.78 is 20.4. The molecule has 3 aromatic rings. The first kappa shape index (κ1) is 18.1. The van der Waals surface area contributed by atoms with Crippen LogP contribution in [0.15, 0.2) is 42.6 Å². The number of morpholine rings is 1. The van der Waals surface area contributed by atoms with Crippen molar-refractivity contribution in [3.63, 3.8) is 0 Å². The Labute approximate surface area is 167 Å². The summed E-state index contributed by atoms with van der Waals surface area (Å²) >= 11 is 0. The summed E-state index contributed by atoms with van der Waals surface area (Å²) in [5.41, 5.74) is 2.42. The second-order valence-electron chi connectivity index (χ2n) is 7.50. The van der Waals surface area contributed by atoms with E-state index in [1.165, 1.54) is 24.3 Å². The number of ether oxygens (including phenoxy) is 1. The number of fused-ring (bicyclic) bond motifs is 1. The number of anilines is 1. The van der Waals surface area contributed by atoms with Gasteiger partial charge in [-0.05, 0) is 42.8 Å². The number of rotatable bonds is 3. The molecule has 2 saturated heterocycles. The number of likely N-dealkylation sites (tertiary alicyclic amines) is 1. The predicted molar refractivity (Wildman–Crippen MR) is 106 cm³/mol. The zero-order valence-corrected chi connectivity index (χ0v) is 16.0. The van der Waals surface area contributed by atoms with E-state index in [2.05, 4.69) is 21.0 Å². The molecule has 0 bridgehead atoms. The van der Waals surface area contributed by atoms with Gasteiger partial charge in [-0.15, -0.1) is 0 Å². The number of carbonyl (C=O) groups excluding carboxylic acids is 1. The molecule has 0 radical (unpaired) electrons. The number of amides is 1. The highest BCUT2D eigenvalue weighted by atomic mass is 19.1. The normalized spacial score (nSPS) is 19.8. The van der Waals surface area contributed by atoms with Crippen LogP contribution in [0, 0.1) is 5.82 Å². The van der Waals surface area contributed by atoms with E-state index in [0.29, 0.717) is 18.7 Å². The maximum atomic E-state index is 13.1. The maximum Gasteiger partial charge on any atom is 0.253 e. The summed E-state index contributed by atoms with van der Waals surface area (Å²) in [4.78, 5) is 21.4. The molecule has 29 heavy (non-hydrogen) atoms. The van der Waals surface area contributed by atoms with Crippen molar-refractivity contribution in [3.8, 4) is 0 Å². The number of hydrogen-bond donors (Lipinski definition) is 0. The van der Waals surface area contributed by atoms with Crippen LogP contribution in [-0.4, -0.2) is 64.8 Å². The number of pyridine rings is 1. The second kappa shape index (κ2) is 7.44. The van der Waals surface area contributed by atoms with Crippen molar-refractivity contribution in [2.24, 2.45) is 0 Å². The molecular weight excluding hydrogens is 373 g/mol. The number of nitrogens with zero attached hydrogens (tertiary/aromatic N) is 5. The van der Waals surface area contributed by atoms with Crippen molar-refractivity contribution >= 4 is 17.2 Å². The van der Waals surface area contributed by atoms with E-state index >= 15 is 0 Å². The number of aromatic nitrogens is 3. The fraction of sp³-hybridized carbons (Fsp3) is 0.381. The van der Waals surface area contributed by atoms with Crippen molar-refractivity contribution in [3.05, 3.63) is 59.8 Å². The summed E-state index contributed by atoms with van der Waals surface area (Å²) in [5, 5.41) is 4.69. The maximum absolute atomic E-state index is 13.1. The van der Waals surface area contributed by atoms with Gasteiger partial charge in [0.1, 0.15) is 5.82 Å². The molecule has 0 aliphatic carbocycles. The fourth-order valence-corrected chi connectivity index (χ4v) is 4.00. The monoisotopic (exact) mass is 395 g/mol. The molecule has 1 aromatic carbocycles. The molecule has 1 atom stereocenters. The Balaban J connectivity index is 1.32. The zero-order valence-electron chi connectivity index (χ0n) is 16.0. The molecule has 2 fully saturated rings. The lowest BCUT2D eigenvalue weighted by molar-refractivity contribution is 0.0790. The molecule has 0 N–H and O–H groups in total. The van der Waals surface area contributed by atoms with Gasteiger partial charge in [-0.1, -0.05) is 0 Å². The first-order valence-corrected chi connectivity index (χ1v) is 9.91. The Morgan fingerprint density at radius 3 is 2.66 bits per heavy atom. The van der Waals surface area contributed by atoms with Crippen molar-refractivity contribution < 1.29 is 13.9 Å². The smallest absolute Gasteiger partial charge is 0.253 e. The summed E-state index contributed by atoms with van der Waals surface area (Å²) in [5.74, 6) is 0.446. The van der Waals surface area contributed by atoms with Crippen molar-refractivity contribution in [2.75, 3.05) is 44.3 Å². The van der Waals surface area contributed by atoms with Gasteiger partial charge >= 0.3 is 0 Å². The number of hydrogen-bond acceptors (Lipinski definition) is 5. The van der Waals surface area contributed by atoms with E-state index in [4.69, 9.17) is 4.74 Å².